The Morgan fingerprint density at radius 2 is 2.09 bits per heavy atom. The van der Waals surface area contributed by atoms with Crippen molar-refractivity contribution in [3.8, 4) is 0 Å². The molecule has 0 spiro atoms. The summed E-state index contributed by atoms with van der Waals surface area (Å²) < 4.78 is 64.2. The molecule has 0 saturated carbocycles. The molecule has 1 aliphatic rings. The third kappa shape index (κ3) is 6.68. The predicted molar refractivity (Wildman–Crippen MR) is 76.9 cm³/mol. The lowest BCUT2D eigenvalue weighted by Crippen LogP contribution is -2.36. The molecule has 8 heteroatoms. The van der Waals surface area contributed by atoms with Crippen molar-refractivity contribution in [2.24, 2.45) is 5.92 Å². The highest BCUT2D eigenvalue weighted by Crippen LogP contribution is 2.37. The molecule has 1 aliphatic carbocycles. The molecule has 0 aromatic heterocycles. The van der Waals surface area contributed by atoms with E-state index in [9.17, 15) is 26.7 Å². The van der Waals surface area contributed by atoms with Crippen molar-refractivity contribution in [1.29, 1.82) is 0 Å². The number of allylic oxidation sites excluding steroid dienone is 2. The molecule has 1 N–H and O–H groups in total. The van der Waals surface area contributed by atoms with E-state index in [0.717, 1.165) is 6.08 Å². The van der Waals surface area contributed by atoms with E-state index in [4.69, 9.17) is 0 Å². The molecule has 0 radical (unpaired) electrons. The van der Waals surface area contributed by atoms with Gasteiger partial charge in [0.1, 0.15) is 0 Å². The first-order valence-corrected chi connectivity index (χ1v) is 7.40. The van der Waals surface area contributed by atoms with Gasteiger partial charge in [0.05, 0.1) is 0 Å². The van der Waals surface area contributed by atoms with E-state index >= 15 is 0 Å². The van der Waals surface area contributed by atoms with Crippen LogP contribution in [0.5, 0.6) is 0 Å². The summed E-state index contributed by atoms with van der Waals surface area (Å²) in [4.78, 5) is 12.6. The first-order valence-electron chi connectivity index (χ1n) is 7.40. The van der Waals surface area contributed by atoms with Crippen LogP contribution in [0.15, 0.2) is 23.4 Å². The number of halogens is 5. The number of alkyl halides is 5. The maximum Gasteiger partial charge on any atom is 0.413 e. The number of carbonyl (C=O) groups is 1. The molecule has 0 aromatic carbocycles. The first-order chi connectivity index (χ1) is 10.6. The maximum absolute atomic E-state index is 13.2. The second-order valence-corrected chi connectivity index (χ2v) is 5.44. The van der Waals surface area contributed by atoms with Gasteiger partial charge in [-0.3, -0.25) is 4.79 Å². The summed E-state index contributed by atoms with van der Waals surface area (Å²) in [7, 11) is 0. The number of hydrogen-bond donors (Lipinski definition) is 1. The fraction of sp³-hybridized carbons (Fsp3) is 0.667. The Bertz CT molecular complexity index is 471. The van der Waals surface area contributed by atoms with E-state index in [1.165, 1.54) is 13.0 Å². The summed E-state index contributed by atoms with van der Waals surface area (Å²) in [6.45, 7) is 3.45. The lowest BCUT2D eigenvalue weighted by molar-refractivity contribution is -0.118. The fourth-order valence-electron chi connectivity index (χ4n) is 2.49. The zero-order chi connectivity index (χ0) is 17.6. The van der Waals surface area contributed by atoms with Crippen LogP contribution < -0.4 is 5.32 Å². The van der Waals surface area contributed by atoms with Gasteiger partial charge in [0.15, 0.2) is 0 Å². The molecule has 0 aromatic rings. The lowest BCUT2D eigenvalue weighted by atomic mass is 9.89. The largest absolute Gasteiger partial charge is 0.413 e. The molecular weight excluding hydrogens is 319 g/mol. The molecule has 0 saturated heterocycles. The van der Waals surface area contributed by atoms with Crippen molar-refractivity contribution in [3.05, 3.63) is 23.4 Å². The fourth-order valence-corrected chi connectivity index (χ4v) is 2.49. The van der Waals surface area contributed by atoms with Crippen LogP contribution in [0, 0.1) is 5.92 Å². The van der Waals surface area contributed by atoms with Crippen LogP contribution >= 0.6 is 0 Å². The van der Waals surface area contributed by atoms with Gasteiger partial charge in [-0.05, 0) is 19.0 Å². The number of rotatable bonds is 7. The molecule has 23 heavy (non-hydrogen) atoms. The Hall–Kier alpha value is -1.44. The molecule has 132 valence electrons. The van der Waals surface area contributed by atoms with Gasteiger partial charge < -0.3 is 10.2 Å². The van der Waals surface area contributed by atoms with Crippen molar-refractivity contribution >= 4 is 5.91 Å². The van der Waals surface area contributed by atoms with Crippen molar-refractivity contribution in [1.82, 2.24) is 10.2 Å². The Kier molecular flexibility index (Phi) is 7.18. The average molecular weight is 340 g/mol. The first kappa shape index (κ1) is 19.6. The minimum Gasteiger partial charge on any atom is -0.327 e. The normalized spacial score (nSPS) is 18.9. The van der Waals surface area contributed by atoms with Gasteiger partial charge in [-0.1, -0.05) is 13.0 Å². The number of hydrogen-bond acceptors (Lipinski definition) is 2. The highest BCUT2D eigenvalue weighted by molar-refractivity contribution is 5.75. The number of nitrogens with one attached hydrogen (secondary N) is 1. The Morgan fingerprint density at radius 1 is 1.43 bits per heavy atom. The van der Waals surface area contributed by atoms with Crippen LogP contribution in [0.3, 0.4) is 0 Å². The summed E-state index contributed by atoms with van der Waals surface area (Å²) in [5, 5.41) is 2.34. The zero-order valence-corrected chi connectivity index (χ0v) is 13.1. The minimum atomic E-state index is -4.52. The van der Waals surface area contributed by atoms with Crippen molar-refractivity contribution in [2.75, 3.05) is 19.6 Å². The lowest BCUT2D eigenvalue weighted by Gasteiger charge is -2.30. The van der Waals surface area contributed by atoms with Crippen molar-refractivity contribution < 1.29 is 26.7 Å². The van der Waals surface area contributed by atoms with Gasteiger partial charge in [-0.2, -0.15) is 13.2 Å². The maximum atomic E-state index is 13.2. The SMILES string of the molecule is CCN(CCC(F)F)CC1CC=C(NC(C)=O)C=C1C(F)(F)F. The zero-order valence-electron chi connectivity index (χ0n) is 13.1. The number of amides is 1. The smallest absolute Gasteiger partial charge is 0.327 e. The Morgan fingerprint density at radius 3 is 2.57 bits per heavy atom. The van der Waals surface area contributed by atoms with E-state index in [-0.39, 0.29) is 31.6 Å². The van der Waals surface area contributed by atoms with E-state index in [1.807, 2.05) is 0 Å². The summed E-state index contributed by atoms with van der Waals surface area (Å²) in [5.74, 6) is -1.27. The third-order valence-corrected chi connectivity index (χ3v) is 3.61. The third-order valence-electron chi connectivity index (χ3n) is 3.61. The van der Waals surface area contributed by atoms with Gasteiger partial charge in [-0.25, -0.2) is 8.78 Å². The Balaban J connectivity index is 2.83. The van der Waals surface area contributed by atoms with Gasteiger partial charge >= 0.3 is 6.18 Å². The Labute approximate surface area is 132 Å². The van der Waals surface area contributed by atoms with E-state index in [2.05, 4.69) is 5.32 Å². The van der Waals surface area contributed by atoms with Gasteiger partial charge in [0.2, 0.25) is 12.3 Å². The summed E-state index contributed by atoms with van der Waals surface area (Å²) >= 11 is 0. The molecule has 0 fully saturated rings. The monoisotopic (exact) mass is 340 g/mol. The molecule has 3 nitrogen and oxygen atoms in total. The van der Waals surface area contributed by atoms with Crippen LogP contribution in [0.2, 0.25) is 0 Å². The number of carbonyl (C=O) groups excluding carboxylic acids is 1. The molecular formula is C15H21F5N2O. The van der Waals surface area contributed by atoms with Crippen LogP contribution in [0.4, 0.5) is 22.0 Å². The second-order valence-electron chi connectivity index (χ2n) is 5.44. The van der Waals surface area contributed by atoms with Gasteiger partial charge in [0.25, 0.3) is 0 Å². The summed E-state index contributed by atoms with van der Waals surface area (Å²) in [6, 6.07) is 0. The van der Waals surface area contributed by atoms with Crippen LogP contribution in [0.25, 0.3) is 0 Å². The predicted octanol–water partition coefficient (Wildman–Crippen LogP) is 3.49. The van der Waals surface area contributed by atoms with E-state index < -0.39 is 30.0 Å². The molecule has 1 amide bonds. The highest BCUT2D eigenvalue weighted by Gasteiger charge is 2.40. The van der Waals surface area contributed by atoms with Crippen molar-refractivity contribution in [3.63, 3.8) is 0 Å². The molecule has 1 unspecified atom stereocenters. The summed E-state index contributed by atoms with van der Waals surface area (Å²) in [5.41, 5.74) is -0.615. The van der Waals surface area contributed by atoms with Gasteiger partial charge in [0, 0.05) is 43.6 Å². The molecule has 0 aliphatic heterocycles. The van der Waals surface area contributed by atoms with Crippen molar-refractivity contribution in [2.45, 2.75) is 39.3 Å². The molecule has 0 heterocycles. The standard InChI is InChI=1S/C15H21F5N2O/c1-3-22(7-6-14(16)17)9-11-4-5-12(21-10(2)23)8-13(11)15(18,19)20/h5,8,11,14H,3-4,6-7,9H2,1-2H3,(H,21,23). The highest BCUT2D eigenvalue weighted by atomic mass is 19.4. The average Bonchev–Trinajstić information content (AvgIpc) is 2.42. The van der Waals surface area contributed by atoms with E-state index in [0.29, 0.717) is 6.54 Å². The molecule has 0 bridgehead atoms. The molecule has 1 rings (SSSR count). The second kappa shape index (κ2) is 8.42. The van der Waals surface area contributed by atoms with Crippen LogP contribution in [-0.4, -0.2) is 43.0 Å². The number of nitrogens with zero attached hydrogens (tertiary/aromatic N) is 1. The van der Waals surface area contributed by atoms with Crippen LogP contribution in [-0.2, 0) is 4.79 Å². The quantitative estimate of drug-likeness (QED) is 0.720. The minimum absolute atomic E-state index is 0.0536. The van der Waals surface area contributed by atoms with Gasteiger partial charge in [-0.15, -0.1) is 0 Å². The summed E-state index contributed by atoms with van der Waals surface area (Å²) in [6.07, 6.45) is -4.80. The van der Waals surface area contributed by atoms with E-state index in [1.54, 1.807) is 11.8 Å². The van der Waals surface area contributed by atoms with Crippen LogP contribution in [0.1, 0.15) is 26.7 Å². The topological polar surface area (TPSA) is 32.3 Å². The molecule has 1 atom stereocenters.